The Labute approximate surface area is 215 Å². The maximum absolute atomic E-state index is 12.8. The fourth-order valence-electron chi connectivity index (χ4n) is 5.56. The second kappa shape index (κ2) is 9.68. The summed E-state index contributed by atoms with van der Waals surface area (Å²) in [6.45, 7) is 5.54. The molecule has 1 N–H and O–H groups in total. The number of fused-ring (bicyclic) bond motifs is 6. The molecule has 0 radical (unpaired) electrons. The summed E-state index contributed by atoms with van der Waals surface area (Å²) in [7, 11) is 3.29. The average Bonchev–Trinajstić information content (AvgIpc) is 3.21. The lowest BCUT2D eigenvalue weighted by molar-refractivity contribution is 0.0145. The molecule has 3 aromatic rings. The summed E-state index contributed by atoms with van der Waals surface area (Å²) in [4.78, 5) is 24.6. The van der Waals surface area contributed by atoms with Crippen molar-refractivity contribution in [3.05, 3.63) is 70.0 Å². The van der Waals surface area contributed by atoms with Gasteiger partial charge in [0, 0.05) is 49.4 Å². The summed E-state index contributed by atoms with van der Waals surface area (Å²) < 4.78 is 25.1. The fourth-order valence-corrected chi connectivity index (χ4v) is 5.56. The highest BCUT2D eigenvalue weighted by molar-refractivity contribution is 5.88. The van der Waals surface area contributed by atoms with Crippen LogP contribution in [0.3, 0.4) is 0 Å². The van der Waals surface area contributed by atoms with Crippen LogP contribution in [0.2, 0.25) is 0 Å². The number of hydrogen-bond donors (Lipinski definition) is 1. The van der Waals surface area contributed by atoms with E-state index in [0.29, 0.717) is 31.3 Å². The Hall–Kier alpha value is -3.62. The second-order valence-electron chi connectivity index (χ2n) is 9.98. The summed E-state index contributed by atoms with van der Waals surface area (Å²) >= 11 is 0. The molecule has 2 aliphatic heterocycles. The van der Waals surface area contributed by atoms with Gasteiger partial charge in [0.15, 0.2) is 5.43 Å². The van der Waals surface area contributed by atoms with Crippen LogP contribution in [0.4, 0.5) is 0 Å². The number of carbonyl (C=O) groups is 1. The normalized spacial score (nSPS) is 19.0. The maximum atomic E-state index is 12.8. The van der Waals surface area contributed by atoms with Crippen molar-refractivity contribution < 1.29 is 28.8 Å². The van der Waals surface area contributed by atoms with E-state index in [1.165, 1.54) is 12.3 Å². The number of nitrogens with zero attached hydrogens (tertiary/aromatic N) is 1. The number of aromatic nitrogens is 1. The molecule has 3 heterocycles. The molecule has 8 nitrogen and oxygen atoms in total. The molecule has 8 heteroatoms. The molecule has 2 aromatic carbocycles. The highest BCUT2D eigenvalue weighted by atomic mass is 16.5. The van der Waals surface area contributed by atoms with Crippen molar-refractivity contribution in [3.63, 3.8) is 0 Å². The van der Waals surface area contributed by atoms with E-state index >= 15 is 0 Å². The molecule has 2 aliphatic rings. The molecular formula is C29H31NO7. The van der Waals surface area contributed by atoms with Gasteiger partial charge in [-0.3, -0.25) is 4.79 Å². The van der Waals surface area contributed by atoms with E-state index in [1.54, 1.807) is 14.2 Å². The third-order valence-electron chi connectivity index (χ3n) is 7.30. The SMILES string of the molecule is COCCCOc1cc2c(cc1-c1cccc(OC)c1)-c1cc(=O)c(C(=O)O)cn1[C@H]1[C@@H]2COC1(C)C. The van der Waals surface area contributed by atoms with Crippen LogP contribution in [-0.2, 0) is 9.47 Å². The van der Waals surface area contributed by atoms with Crippen molar-refractivity contribution >= 4 is 5.97 Å². The van der Waals surface area contributed by atoms with Crippen molar-refractivity contribution in [2.45, 2.75) is 37.8 Å². The molecule has 2 atom stereocenters. The molecule has 194 valence electrons. The third-order valence-corrected chi connectivity index (χ3v) is 7.30. The van der Waals surface area contributed by atoms with Crippen LogP contribution in [0.1, 0.15) is 48.1 Å². The van der Waals surface area contributed by atoms with E-state index in [4.69, 9.17) is 18.9 Å². The Morgan fingerprint density at radius 1 is 1.14 bits per heavy atom. The van der Waals surface area contributed by atoms with Crippen molar-refractivity contribution in [3.8, 4) is 33.9 Å². The molecule has 0 aliphatic carbocycles. The number of ether oxygens (including phenoxy) is 4. The minimum atomic E-state index is -1.24. The first-order chi connectivity index (χ1) is 17.7. The molecule has 0 spiro atoms. The molecule has 0 unspecified atom stereocenters. The molecule has 5 rings (SSSR count). The van der Waals surface area contributed by atoms with Crippen LogP contribution < -0.4 is 14.9 Å². The van der Waals surface area contributed by atoms with Gasteiger partial charge in [-0.05, 0) is 49.2 Å². The molecule has 0 amide bonds. The van der Waals surface area contributed by atoms with Crippen molar-refractivity contribution in [1.29, 1.82) is 0 Å². The van der Waals surface area contributed by atoms with E-state index in [2.05, 4.69) is 6.07 Å². The zero-order valence-electron chi connectivity index (χ0n) is 21.4. The van der Waals surface area contributed by atoms with Crippen LogP contribution in [-0.4, -0.2) is 55.3 Å². The fraction of sp³-hybridized carbons (Fsp3) is 0.379. The van der Waals surface area contributed by atoms with Crippen molar-refractivity contribution in [2.24, 2.45) is 0 Å². The van der Waals surface area contributed by atoms with Gasteiger partial charge in [0.1, 0.15) is 17.1 Å². The van der Waals surface area contributed by atoms with Crippen LogP contribution in [0.15, 0.2) is 53.5 Å². The minimum absolute atomic E-state index is 0.0395. The number of rotatable bonds is 8. The van der Waals surface area contributed by atoms with E-state index in [1.807, 2.05) is 48.7 Å². The smallest absolute Gasteiger partial charge is 0.341 e. The number of hydrogen-bond acceptors (Lipinski definition) is 6. The Morgan fingerprint density at radius 3 is 2.68 bits per heavy atom. The van der Waals surface area contributed by atoms with Gasteiger partial charge in [-0.15, -0.1) is 0 Å². The lowest BCUT2D eigenvalue weighted by Crippen LogP contribution is -2.36. The molecule has 0 saturated carbocycles. The number of carboxylic acid groups (broad SMARTS) is 1. The predicted octanol–water partition coefficient (Wildman–Crippen LogP) is 4.75. The quantitative estimate of drug-likeness (QED) is 0.441. The number of benzene rings is 2. The van der Waals surface area contributed by atoms with Gasteiger partial charge in [0.25, 0.3) is 0 Å². The lowest BCUT2D eigenvalue weighted by atomic mass is 9.78. The molecule has 37 heavy (non-hydrogen) atoms. The summed E-state index contributed by atoms with van der Waals surface area (Å²) in [5, 5.41) is 9.65. The summed E-state index contributed by atoms with van der Waals surface area (Å²) in [6.07, 6.45) is 2.21. The molecular weight excluding hydrogens is 474 g/mol. The number of carboxylic acids is 1. The van der Waals surface area contributed by atoms with Crippen LogP contribution in [0.25, 0.3) is 22.4 Å². The number of pyridine rings is 1. The first-order valence-corrected chi connectivity index (χ1v) is 12.3. The lowest BCUT2D eigenvalue weighted by Gasteiger charge is -2.38. The first kappa shape index (κ1) is 25.0. The Bertz CT molecular complexity index is 1410. The highest BCUT2D eigenvalue weighted by Crippen LogP contribution is 2.54. The van der Waals surface area contributed by atoms with Gasteiger partial charge in [-0.2, -0.15) is 0 Å². The van der Waals surface area contributed by atoms with Gasteiger partial charge >= 0.3 is 5.97 Å². The summed E-state index contributed by atoms with van der Waals surface area (Å²) in [5.74, 6) is 0.164. The van der Waals surface area contributed by atoms with Crippen molar-refractivity contribution in [2.75, 3.05) is 34.0 Å². The van der Waals surface area contributed by atoms with Gasteiger partial charge in [-0.25, -0.2) is 4.79 Å². The zero-order chi connectivity index (χ0) is 26.3. The molecule has 1 saturated heterocycles. The van der Waals surface area contributed by atoms with Crippen LogP contribution in [0.5, 0.6) is 11.5 Å². The summed E-state index contributed by atoms with van der Waals surface area (Å²) in [6, 6.07) is 13.1. The molecule has 1 aromatic heterocycles. The Balaban J connectivity index is 1.74. The molecule has 0 bridgehead atoms. The number of aromatic carboxylic acids is 1. The van der Waals surface area contributed by atoms with E-state index in [-0.39, 0.29) is 17.5 Å². The zero-order valence-corrected chi connectivity index (χ0v) is 21.4. The van der Waals surface area contributed by atoms with Crippen LogP contribution in [0, 0.1) is 0 Å². The van der Waals surface area contributed by atoms with Gasteiger partial charge in [0.05, 0.1) is 37.7 Å². The predicted molar refractivity (Wildman–Crippen MR) is 139 cm³/mol. The largest absolute Gasteiger partial charge is 0.497 e. The monoisotopic (exact) mass is 505 g/mol. The second-order valence-corrected chi connectivity index (χ2v) is 9.98. The Kier molecular flexibility index (Phi) is 6.56. The minimum Gasteiger partial charge on any atom is -0.497 e. The highest BCUT2D eigenvalue weighted by Gasteiger charge is 2.49. The Morgan fingerprint density at radius 2 is 1.95 bits per heavy atom. The number of methoxy groups -OCH3 is 2. The average molecular weight is 506 g/mol. The van der Waals surface area contributed by atoms with E-state index in [9.17, 15) is 14.7 Å². The van der Waals surface area contributed by atoms with Crippen LogP contribution >= 0.6 is 0 Å². The van der Waals surface area contributed by atoms with E-state index < -0.39 is 17.0 Å². The topological polar surface area (TPSA) is 96.2 Å². The first-order valence-electron chi connectivity index (χ1n) is 12.3. The van der Waals surface area contributed by atoms with Gasteiger partial charge in [-0.1, -0.05) is 12.1 Å². The van der Waals surface area contributed by atoms with E-state index in [0.717, 1.165) is 34.4 Å². The van der Waals surface area contributed by atoms with Crippen molar-refractivity contribution in [1.82, 2.24) is 4.57 Å². The van der Waals surface area contributed by atoms with Gasteiger partial charge in [0.2, 0.25) is 0 Å². The maximum Gasteiger partial charge on any atom is 0.341 e. The standard InChI is InChI=1S/C29H31NO7/c1-29(2)27-23(16-37-29)20-13-26(36-10-6-9-34-3)19(17-7-5-8-18(11-17)35-4)12-21(20)24-14-25(31)22(28(32)33)15-30(24)27/h5,7-8,11-15,23,27H,6,9-10,16H2,1-4H3,(H,32,33)/t23-,27+/m1/s1. The summed E-state index contributed by atoms with van der Waals surface area (Å²) in [5.41, 5.74) is 2.97. The van der Waals surface area contributed by atoms with Gasteiger partial charge < -0.3 is 28.6 Å². The molecule has 1 fully saturated rings. The third kappa shape index (κ3) is 4.40.